The molecule has 0 bridgehead atoms. The minimum absolute atomic E-state index is 0.0567. The lowest BCUT2D eigenvalue weighted by atomic mass is 10.2. The maximum absolute atomic E-state index is 12.8. The minimum Gasteiger partial charge on any atom is -0.467 e. The van der Waals surface area contributed by atoms with Crippen molar-refractivity contribution in [2.75, 3.05) is 23.4 Å². The van der Waals surface area contributed by atoms with Crippen LogP contribution in [-0.4, -0.2) is 29.1 Å². The standard InChI is InChI=1S/C20H19N3O3/c24-13-16(18-6-3-11-26-18)22-19-8-7-15(12-21-19)20(25)23-10-9-14-4-1-2-5-17(14)23/h1-8,11-12,16,24H,9-10,13H2,(H,21,22)/t16-/m1/s1. The normalized spacial score (nSPS) is 14.1. The summed E-state index contributed by atoms with van der Waals surface area (Å²) in [5, 5.41) is 12.6. The number of carbonyl (C=O) groups excluding carboxylic acids is 1. The lowest BCUT2D eigenvalue weighted by Crippen LogP contribution is -2.29. The molecule has 6 heteroatoms. The van der Waals surface area contributed by atoms with Gasteiger partial charge in [-0.25, -0.2) is 4.98 Å². The Kier molecular flexibility index (Phi) is 4.41. The second-order valence-corrected chi connectivity index (χ2v) is 6.16. The zero-order valence-corrected chi connectivity index (χ0v) is 14.1. The van der Waals surface area contributed by atoms with Crippen molar-refractivity contribution in [2.45, 2.75) is 12.5 Å². The first-order valence-corrected chi connectivity index (χ1v) is 8.53. The third-order valence-electron chi connectivity index (χ3n) is 4.53. The molecule has 132 valence electrons. The molecule has 0 unspecified atom stereocenters. The summed E-state index contributed by atoms with van der Waals surface area (Å²) in [7, 11) is 0. The maximum atomic E-state index is 12.8. The fraction of sp³-hybridized carbons (Fsp3) is 0.200. The van der Waals surface area contributed by atoms with Gasteiger partial charge in [0.05, 0.1) is 18.4 Å². The number of aliphatic hydroxyl groups excluding tert-OH is 1. The number of hydrogen-bond acceptors (Lipinski definition) is 5. The van der Waals surface area contributed by atoms with E-state index >= 15 is 0 Å². The zero-order valence-electron chi connectivity index (χ0n) is 14.1. The van der Waals surface area contributed by atoms with Crippen molar-refractivity contribution in [1.29, 1.82) is 0 Å². The van der Waals surface area contributed by atoms with Gasteiger partial charge in [0.15, 0.2) is 0 Å². The van der Waals surface area contributed by atoms with Gasteiger partial charge in [-0.3, -0.25) is 4.79 Å². The average Bonchev–Trinajstić information content (AvgIpc) is 3.36. The van der Waals surface area contributed by atoms with E-state index in [0.29, 0.717) is 23.7 Å². The van der Waals surface area contributed by atoms with E-state index in [1.54, 1.807) is 41.6 Å². The molecule has 0 fully saturated rings. The Labute approximate surface area is 151 Å². The van der Waals surface area contributed by atoms with Crippen molar-refractivity contribution in [3.8, 4) is 0 Å². The van der Waals surface area contributed by atoms with Crippen LogP contribution in [0.25, 0.3) is 0 Å². The van der Waals surface area contributed by atoms with E-state index in [1.807, 2.05) is 18.2 Å². The predicted octanol–water partition coefficient (Wildman–Crippen LogP) is 3.02. The van der Waals surface area contributed by atoms with Gasteiger partial charge in [-0.2, -0.15) is 0 Å². The highest BCUT2D eigenvalue weighted by molar-refractivity contribution is 6.07. The summed E-state index contributed by atoms with van der Waals surface area (Å²) >= 11 is 0. The van der Waals surface area contributed by atoms with Crippen molar-refractivity contribution in [3.63, 3.8) is 0 Å². The van der Waals surface area contributed by atoms with Gasteiger partial charge in [-0.1, -0.05) is 18.2 Å². The average molecular weight is 349 g/mol. The number of nitrogens with one attached hydrogen (secondary N) is 1. The minimum atomic E-state index is -0.385. The summed E-state index contributed by atoms with van der Waals surface area (Å²) < 4.78 is 5.31. The van der Waals surface area contributed by atoms with E-state index in [2.05, 4.69) is 16.4 Å². The number of anilines is 2. The Morgan fingerprint density at radius 2 is 2.12 bits per heavy atom. The summed E-state index contributed by atoms with van der Waals surface area (Å²) in [6.45, 7) is 0.559. The second kappa shape index (κ2) is 7.01. The number of rotatable bonds is 5. The molecule has 1 atom stereocenters. The van der Waals surface area contributed by atoms with Crippen molar-refractivity contribution < 1.29 is 14.3 Å². The molecule has 1 aromatic carbocycles. The molecule has 0 saturated heterocycles. The van der Waals surface area contributed by atoms with E-state index in [4.69, 9.17) is 4.42 Å². The molecule has 1 amide bonds. The van der Waals surface area contributed by atoms with Crippen LogP contribution < -0.4 is 10.2 Å². The number of pyridine rings is 1. The number of aliphatic hydroxyl groups is 1. The molecule has 0 spiro atoms. The Balaban J connectivity index is 1.49. The SMILES string of the molecule is O=C(c1ccc(N[C@H](CO)c2ccco2)nc1)N1CCc2ccccc21. The number of aromatic nitrogens is 1. The van der Waals surface area contributed by atoms with E-state index in [9.17, 15) is 9.90 Å². The third kappa shape index (κ3) is 3.07. The van der Waals surface area contributed by atoms with Gasteiger partial charge < -0.3 is 19.7 Å². The molecular weight excluding hydrogens is 330 g/mol. The van der Waals surface area contributed by atoms with Crippen LogP contribution in [0, 0.1) is 0 Å². The molecule has 6 nitrogen and oxygen atoms in total. The van der Waals surface area contributed by atoms with Crippen LogP contribution >= 0.6 is 0 Å². The van der Waals surface area contributed by atoms with Crippen LogP contribution in [0.15, 0.2) is 65.4 Å². The first-order valence-electron chi connectivity index (χ1n) is 8.53. The fourth-order valence-corrected chi connectivity index (χ4v) is 3.19. The largest absolute Gasteiger partial charge is 0.467 e. The van der Waals surface area contributed by atoms with Gasteiger partial charge in [-0.15, -0.1) is 0 Å². The number of hydrogen-bond donors (Lipinski definition) is 2. The molecular formula is C20H19N3O3. The van der Waals surface area contributed by atoms with Crippen LogP contribution in [0.1, 0.15) is 27.7 Å². The fourth-order valence-electron chi connectivity index (χ4n) is 3.19. The quantitative estimate of drug-likeness (QED) is 0.740. The molecule has 4 rings (SSSR count). The van der Waals surface area contributed by atoms with Gasteiger partial charge in [0.25, 0.3) is 5.91 Å². The summed E-state index contributed by atoms with van der Waals surface area (Å²) in [5.74, 6) is 1.14. The highest BCUT2D eigenvalue weighted by Crippen LogP contribution is 2.29. The predicted molar refractivity (Wildman–Crippen MR) is 98.2 cm³/mol. The number of para-hydroxylation sites is 1. The molecule has 2 aromatic heterocycles. The van der Waals surface area contributed by atoms with Crippen LogP contribution in [0.4, 0.5) is 11.5 Å². The Morgan fingerprint density at radius 3 is 2.85 bits per heavy atom. The van der Waals surface area contributed by atoms with Gasteiger partial charge >= 0.3 is 0 Å². The first kappa shape index (κ1) is 16.4. The summed E-state index contributed by atoms with van der Waals surface area (Å²) in [5.41, 5.74) is 2.69. The molecule has 1 aliphatic heterocycles. The summed E-state index contributed by atoms with van der Waals surface area (Å²) in [4.78, 5) is 18.9. The molecule has 0 aliphatic carbocycles. The summed E-state index contributed by atoms with van der Waals surface area (Å²) in [6, 6.07) is 14.6. The molecule has 0 radical (unpaired) electrons. The van der Waals surface area contributed by atoms with E-state index in [-0.39, 0.29) is 18.6 Å². The van der Waals surface area contributed by atoms with Crippen molar-refractivity contribution in [1.82, 2.24) is 4.98 Å². The highest BCUT2D eigenvalue weighted by atomic mass is 16.3. The smallest absolute Gasteiger partial charge is 0.259 e. The van der Waals surface area contributed by atoms with Crippen molar-refractivity contribution in [2.24, 2.45) is 0 Å². The number of furan rings is 1. The molecule has 3 aromatic rings. The van der Waals surface area contributed by atoms with Gasteiger partial charge in [0.1, 0.15) is 17.6 Å². The number of fused-ring (bicyclic) bond motifs is 1. The maximum Gasteiger partial charge on any atom is 0.259 e. The van der Waals surface area contributed by atoms with Crippen molar-refractivity contribution in [3.05, 3.63) is 77.9 Å². The summed E-state index contributed by atoms with van der Waals surface area (Å²) in [6.07, 6.45) is 3.99. The zero-order chi connectivity index (χ0) is 17.9. The van der Waals surface area contributed by atoms with Crippen LogP contribution in [0.2, 0.25) is 0 Å². The van der Waals surface area contributed by atoms with E-state index < -0.39 is 0 Å². The highest BCUT2D eigenvalue weighted by Gasteiger charge is 2.25. The monoisotopic (exact) mass is 349 g/mol. The molecule has 3 heterocycles. The first-order chi connectivity index (χ1) is 12.8. The lowest BCUT2D eigenvalue weighted by Gasteiger charge is -2.18. The molecule has 1 aliphatic rings. The van der Waals surface area contributed by atoms with Gasteiger partial charge in [-0.05, 0) is 42.3 Å². The van der Waals surface area contributed by atoms with Crippen LogP contribution in [0.3, 0.4) is 0 Å². The van der Waals surface area contributed by atoms with Crippen LogP contribution in [-0.2, 0) is 6.42 Å². The molecule has 26 heavy (non-hydrogen) atoms. The Morgan fingerprint density at radius 1 is 1.23 bits per heavy atom. The number of nitrogens with zero attached hydrogens (tertiary/aromatic N) is 2. The van der Waals surface area contributed by atoms with E-state index in [1.165, 1.54) is 5.56 Å². The Hall–Kier alpha value is -3.12. The number of amides is 1. The van der Waals surface area contributed by atoms with E-state index in [0.717, 1.165) is 12.1 Å². The molecule has 0 saturated carbocycles. The van der Waals surface area contributed by atoms with Crippen LogP contribution in [0.5, 0.6) is 0 Å². The van der Waals surface area contributed by atoms with Crippen molar-refractivity contribution >= 4 is 17.4 Å². The molecule has 2 N–H and O–H groups in total. The third-order valence-corrected chi connectivity index (χ3v) is 4.53. The van der Waals surface area contributed by atoms with Gasteiger partial charge in [0, 0.05) is 18.4 Å². The van der Waals surface area contributed by atoms with Gasteiger partial charge in [0.2, 0.25) is 0 Å². The number of benzene rings is 1. The Bertz CT molecular complexity index is 891. The number of carbonyl (C=O) groups is 1. The second-order valence-electron chi connectivity index (χ2n) is 6.16. The topological polar surface area (TPSA) is 78.6 Å². The lowest BCUT2D eigenvalue weighted by molar-refractivity contribution is 0.0989.